The summed E-state index contributed by atoms with van der Waals surface area (Å²) < 4.78 is 5.73. The SMILES string of the molecule is CC/C=C\C/C=C\C/C=C\C/C=C\C/C=C\CCCCO[C@H](CC)C(=O)Nc1ccc(O)c(C(=O)O)c1. The number of carbonyl (C=O) groups excluding carboxylic acids is 1. The molecule has 0 saturated carbocycles. The first kappa shape index (κ1) is 31.6. The lowest BCUT2D eigenvalue weighted by atomic mass is 10.1. The molecule has 1 aromatic rings. The monoisotopic (exact) mass is 509 g/mol. The normalized spacial score (nSPS) is 13.0. The van der Waals surface area contributed by atoms with Crippen LogP contribution in [0.5, 0.6) is 5.75 Å². The van der Waals surface area contributed by atoms with E-state index in [9.17, 15) is 14.7 Å². The molecule has 0 aliphatic carbocycles. The zero-order chi connectivity index (χ0) is 27.1. The molecule has 0 saturated heterocycles. The van der Waals surface area contributed by atoms with Gasteiger partial charge >= 0.3 is 5.97 Å². The Labute approximate surface area is 222 Å². The van der Waals surface area contributed by atoms with Crippen LogP contribution >= 0.6 is 0 Å². The van der Waals surface area contributed by atoms with Crippen molar-refractivity contribution >= 4 is 17.6 Å². The number of rotatable bonds is 19. The van der Waals surface area contributed by atoms with E-state index in [1.807, 2.05) is 6.92 Å². The highest BCUT2D eigenvalue weighted by molar-refractivity contribution is 5.97. The van der Waals surface area contributed by atoms with Crippen LogP contribution in [-0.2, 0) is 9.53 Å². The van der Waals surface area contributed by atoms with Gasteiger partial charge in [-0.15, -0.1) is 0 Å². The van der Waals surface area contributed by atoms with E-state index in [0.717, 1.165) is 51.4 Å². The number of ether oxygens (including phenoxy) is 1. The summed E-state index contributed by atoms with van der Waals surface area (Å²) in [7, 11) is 0. The van der Waals surface area contributed by atoms with Gasteiger partial charge in [-0.3, -0.25) is 4.79 Å². The Kier molecular flexibility index (Phi) is 17.8. The van der Waals surface area contributed by atoms with Gasteiger partial charge in [0.1, 0.15) is 17.4 Å². The molecule has 1 amide bonds. The van der Waals surface area contributed by atoms with Crippen molar-refractivity contribution in [2.45, 2.75) is 77.7 Å². The number of anilines is 1. The molecule has 0 aliphatic rings. The molecule has 0 aliphatic heterocycles. The van der Waals surface area contributed by atoms with Crippen molar-refractivity contribution in [3.05, 3.63) is 84.5 Å². The van der Waals surface area contributed by atoms with Crippen LogP contribution in [0.25, 0.3) is 0 Å². The largest absolute Gasteiger partial charge is 0.507 e. The van der Waals surface area contributed by atoms with E-state index in [1.165, 1.54) is 18.2 Å². The Balaban J connectivity index is 2.15. The average molecular weight is 510 g/mol. The molecule has 0 unspecified atom stereocenters. The molecule has 0 radical (unpaired) electrons. The van der Waals surface area contributed by atoms with Crippen molar-refractivity contribution in [1.29, 1.82) is 0 Å². The predicted octanol–water partition coefficient (Wildman–Crippen LogP) is 7.75. The Bertz CT molecular complexity index is 943. The number of aromatic carboxylic acids is 1. The first-order valence-corrected chi connectivity index (χ1v) is 13.2. The van der Waals surface area contributed by atoms with Crippen LogP contribution in [0.1, 0.15) is 82.0 Å². The first-order valence-electron chi connectivity index (χ1n) is 13.2. The Morgan fingerprint density at radius 3 is 1.97 bits per heavy atom. The number of aromatic hydroxyl groups is 1. The summed E-state index contributed by atoms with van der Waals surface area (Å²) in [5.74, 6) is -1.94. The Hall–Kier alpha value is -3.38. The zero-order valence-corrected chi connectivity index (χ0v) is 22.3. The maximum absolute atomic E-state index is 12.5. The maximum Gasteiger partial charge on any atom is 0.339 e. The van der Waals surface area contributed by atoms with Gasteiger partial charge in [0, 0.05) is 12.3 Å². The van der Waals surface area contributed by atoms with E-state index in [1.54, 1.807) is 0 Å². The summed E-state index contributed by atoms with van der Waals surface area (Å²) in [6, 6.07) is 3.93. The Morgan fingerprint density at radius 2 is 1.43 bits per heavy atom. The molecule has 0 aromatic heterocycles. The van der Waals surface area contributed by atoms with Crippen LogP contribution in [-0.4, -0.2) is 34.8 Å². The number of allylic oxidation sites excluding steroid dienone is 10. The lowest BCUT2D eigenvalue weighted by molar-refractivity contribution is -0.127. The average Bonchev–Trinajstić information content (AvgIpc) is 2.88. The van der Waals surface area contributed by atoms with Crippen molar-refractivity contribution in [1.82, 2.24) is 0 Å². The second-order valence-electron chi connectivity index (χ2n) is 8.50. The number of carboxylic acids is 1. The minimum absolute atomic E-state index is 0.262. The van der Waals surface area contributed by atoms with Gasteiger partial charge in [0.05, 0.1) is 0 Å². The second-order valence-corrected chi connectivity index (χ2v) is 8.50. The number of phenols is 1. The zero-order valence-electron chi connectivity index (χ0n) is 22.3. The van der Waals surface area contributed by atoms with E-state index in [0.29, 0.717) is 18.7 Å². The minimum atomic E-state index is -1.26. The standard InChI is InChI=1S/C31H43NO5/c1-3-5-6-7-8-9-10-11-12-13-14-15-16-17-18-19-20-21-24-37-29(4-2)30(34)32-26-22-23-28(33)27(25-26)31(35)36/h5-6,8-9,11-12,14-15,17-18,22-23,25,29,33H,3-4,7,10,13,16,19-21,24H2,1-2H3,(H,32,34)(H,35,36)/b6-5-,9-8-,12-11-,15-14-,18-17-/t29-/m1/s1. The molecule has 37 heavy (non-hydrogen) atoms. The van der Waals surface area contributed by atoms with Gasteiger partial charge in [0.15, 0.2) is 0 Å². The predicted molar refractivity (Wildman–Crippen MR) is 152 cm³/mol. The van der Waals surface area contributed by atoms with Gasteiger partial charge in [-0.1, -0.05) is 74.6 Å². The summed E-state index contributed by atoms with van der Waals surface area (Å²) in [5.41, 5.74) is 0.0439. The van der Waals surface area contributed by atoms with Gasteiger partial charge in [-0.2, -0.15) is 0 Å². The molecule has 0 spiro atoms. The number of amides is 1. The van der Waals surface area contributed by atoms with Crippen LogP contribution in [0.2, 0.25) is 0 Å². The highest BCUT2D eigenvalue weighted by Crippen LogP contribution is 2.22. The first-order chi connectivity index (χ1) is 18.0. The number of nitrogens with one attached hydrogen (secondary N) is 1. The van der Waals surface area contributed by atoms with Crippen LogP contribution < -0.4 is 5.32 Å². The third kappa shape index (κ3) is 15.4. The highest BCUT2D eigenvalue weighted by atomic mass is 16.5. The molecular weight excluding hydrogens is 466 g/mol. The van der Waals surface area contributed by atoms with Crippen molar-refractivity contribution in [3.63, 3.8) is 0 Å². The van der Waals surface area contributed by atoms with Crippen LogP contribution in [0.4, 0.5) is 5.69 Å². The van der Waals surface area contributed by atoms with E-state index in [2.05, 4.69) is 73.0 Å². The number of hydrogen-bond donors (Lipinski definition) is 3. The third-order valence-corrected chi connectivity index (χ3v) is 5.40. The van der Waals surface area contributed by atoms with E-state index in [-0.39, 0.29) is 17.2 Å². The van der Waals surface area contributed by atoms with Crippen molar-refractivity contribution in [3.8, 4) is 5.75 Å². The smallest absolute Gasteiger partial charge is 0.339 e. The molecule has 0 fully saturated rings. The van der Waals surface area contributed by atoms with Crippen molar-refractivity contribution in [2.24, 2.45) is 0 Å². The van der Waals surface area contributed by atoms with Crippen LogP contribution in [0, 0.1) is 0 Å². The van der Waals surface area contributed by atoms with Crippen LogP contribution in [0.3, 0.4) is 0 Å². The topological polar surface area (TPSA) is 95.9 Å². The molecule has 6 nitrogen and oxygen atoms in total. The molecule has 0 bridgehead atoms. The third-order valence-electron chi connectivity index (χ3n) is 5.40. The molecule has 0 heterocycles. The van der Waals surface area contributed by atoms with Crippen molar-refractivity contribution in [2.75, 3.05) is 11.9 Å². The maximum atomic E-state index is 12.5. The fraction of sp³-hybridized carbons (Fsp3) is 0.419. The van der Waals surface area contributed by atoms with Gasteiger partial charge < -0.3 is 20.3 Å². The molecule has 202 valence electrons. The number of benzene rings is 1. The fourth-order valence-electron chi connectivity index (χ4n) is 3.35. The number of carbonyl (C=O) groups is 2. The minimum Gasteiger partial charge on any atom is -0.507 e. The fourth-order valence-corrected chi connectivity index (χ4v) is 3.35. The summed E-state index contributed by atoms with van der Waals surface area (Å²) in [5, 5.41) is 21.3. The van der Waals surface area contributed by atoms with E-state index >= 15 is 0 Å². The number of unbranched alkanes of at least 4 members (excludes halogenated alkanes) is 2. The van der Waals surface area contributed by atoms with Crippen LogP contribution in [0.15, 0.2) is 79.0 Å². The molecule has 1 aromatic carbocycles. The van der Waals surface area contributed by atoms with Gasteiger partial charge in [-0.25, -0.2) is 4.79 Å². The number of hydrogen-bond acceptors (Lipinski definition) is 4. The molecule has 6 heteroatoms. The van der Waals surface area contributed by atoms with Gasteiger partial charge in [0.25, 0.3) is 5.91 Å². The quantitative estimate of drug-likeness (QED) is 0.101. The molecule has 1 atom stereocenters. The van der Waals surface area contributed by atoms with Crippen molar-refractivity contribution < 1.29 is 24.5 Å². The van der Waals surface area contributed by atoms with E-state index in [4.69, 9.17) is 9.84 Å². The van der Waals surface area contributed by atoms with Gasteiger partial charge in [-0.05, 0) is 76.0 Å². The summed E-state index contributed by atoms with van der Waals surface area (Å²) in [6.07, 6.45) is 29.5. The lowest BCUT2D eigenvalue weighted by Gasteiger charge is -2.16. The molecule has 1 rings (SSSR count). The second kappa shape index (κ2) is 20.8. The summed E-state index contributed by atoms with van der Waals surface area (Å²) >= 11 is 0. The summed E-state index contributed by atoms with van der Waals surface area (Å²) in [4.78, 5) is 23.6. The lowest BCUT2D eigenvalue weighted by Crippen LogP contribution is -2.30. The van der Waals surface area contributed by atoms with Gasteiger partial charge in [0.2, 0.25) is 0 Å². The molecule has 3 N–H and O–H groups in total. The summed E-state index contributed by atoms with van der Waals surface area (Å²) in [6.45, 7) is 4.48. The van der Waals surface area contributed by atoms with E-state index < -0.39 is 12.1 Å². The molecular formula is C31H43NO5. The highest BCUT2D eigenvalue weighted by Gasteiger charge is 2.18. The number of carboxylic acid groups (broad SMARTS) is 1. The Morgan fingerprint density at radius 1 is 0.865 bits per heavy atom.